The van der Waals surface area contributed by atoms with Crippen LogP contribution in [-0.2, 0) is 4.74 Å². The third kappa shape index (κ3) is 3.76. The van der Waals surface area contributed by atoms with Crippen LogP contribution in [0.25, 0.3) is 11.3 Å². The van der Waals surface area contributed by atoms with Crippen LogP contribution in [0.4, 0.5) is 4.39 Å². The van der Waals surface area contributed by atoms with Gasteiger partial charge in [0.2, 0.25) is 0 Å². The average molecular weight is 420 g/mol. The number of ether oxygens (including phenoxy) is 1. The fourth-order valence-corrected chi connectivity index (χ4v) is 5.04. The van der Waals surface area contributed by atoms with Crippen molar-refractivity contribution in [1.82, 2.24) is 9.55 Å². The number of benzene rings is 2. The highest BCUT2D eigenvalue weighted by molar-refractivity contribution is 5.89. The number of aliphatic hydroxyl groups is 1. The molecule has 2 aliphatic rings. The zero-order chi connectivity index (χ0) is 21.4. The Labute approximate surface area is 180 Å². The van der Waals surface area contributed by atoms with Crippen molar-refractivity contribution < 1.29 is 19.0 Å². The van der Waals surface area contributed by atoms with Crippen molar-refractivity contribution in [2.75, 3.05) is 0 Å². The molecular weight excluding hydrogens is 395 g/mol. The number of hydrogen-bond acceptors (Lipinski definition) is 4. The van der Waals surface area contributed by atoms with Crippen molar-refractivity contribution in [1.29, 1.82) is 0 Å². The molecule has 5 rings (SSSR count). The SMILES string of the molecule is O=C(OC1CCC([C@@H](O)C[C@H]2c3c(F)cccc3-c3cncn32)CC1)c1ccccc1. The minimum absolute atomic E-state index is 0.106. The van der Waals surface area contributed by atoms with Gasteiger partial charge in [-0.05, 0) is 56.2 Å². The van der Waals surface area contributed by atoms with Crippen LogP contribution < -0.4 is 0 Å². The first-order valence-electron chi connectivity index (χ1n) is 10.9. The van der Waals surface area contributed by atoms with Crippen molar-refractivity contribution in [2.45, 2.75) is 50.4 Å². The van der Waals surface area contributed by atoms with Gasteiger partial charge < -0.3 is 14.4 Å². The summed E-state index contributed by atoms with van der Waals surface area (Å²) >= 11 is 0. The van der Waals surface area contributed by atoms with Crippen LogP contribution in [0.1, 0.15) is 54.1 Å². The number of imidazole rings is 1. The molecular formula is C25H25FN2O3. The highest BCUT2D eigenvalue weighted by atomic mass is 19.1. The Morgan fingerprint density at radius 2 is 1.90 bits per heavy atom. The van der Waals surface area contributed by atoms with Crippen molar-refractivity contribution in [3.63, 3.8) is 0 Å². The van der Waals surface area contributed by atoms with E-state index in [1.807, 2.05) is 28.8 Å². The molecule has 1 fully saturated rings. The van der Waals surface area contributed by atoms with Crippen LogP contribution in [0.2, 0.25) is 0 Å². The molecule has 1 aliphatic heterocycles. The summed E-state index contributed by atoms with van der Waals surface area (Å²) in [6.45, 7) is 0. The van der Waals surface area contributed by atoms with Gasteiger partial charge in [0, 0.05) is 11.1 Å². The van der Waals surface area contributed by atoms with Crippen LogP contribution >= 0.6 is 0 Å². The van der Waals surface area contributed by atoms with Gasteiger partial charge in [-0.2, -0.15) is 0 Å². The Morgan fingerprint density at radius 3 is 2.68 bits per heavy atom. The first-order chi connectivity index (χ1) is 15.1. The summed E-state index contributed by atoms with van der Waals surface area (Å²) in [5.41, 5.74) is 2.95. The van der Waals surface area contributed by atoms with Gasteiger partial charge >= 0.3 is 5.97 Å². The second-order valence-corrected chi connectivity index (χ2v) is 8.51. The molecule has 2 aromatic carbocycles. The lowest BCUT2D eigenvalue weighted by Crippen LogP contribution is -2.31. The first kappa shape index (κ1) is 19.9. The fourth-order valence-electron chi connectivity index (χ4n) is 5.04. The quantitative estimate of drug-likeness (QED) is 0.605. The highest BCUT2D eigenvalue weighted by Crippen LogP contribution is 2.44. The van der Waals surface area contributed by atoms with Gasteiger partial charge in [0.25, 0.3) is 0 Å². The fraction of sp³-hybridized carbons (Fsp3) is 0.360. The summed E-state index contributed by atoms with van der Waals surface area (Å²) in [4.78, 5) is 16.5. The molecule has 0 unspecified atom stereocenters. The predicted molar refractivity (Wildman–Crippen MR) is 114 cm³/mol. The van der Waals surface area contributed by atoms with Crippen molar-refractivity contribution in [2.24, 2.45) is 5.92 Å². The van der Waals surface area contributed by atoms with Crippen molar-refractivity contribution in [3.8, 4) is 11.3 Å². The van der Waals surface area contributed by atoms with Gasteiger partial charge in [-0.1, -0.05) is 30.3 Å². The van der Waals surface area contributed by atoms with Gasteiger partial charge in [0.05, 0.1) is 35.9 Å². The monoisotopic (exact) mass is 420 g/mol. The Bertz CT molecular complexity index is 1070. The number of nitrogens with zero attached hydrogens (tertiary/aromatic N) is 2. The minimum atomic E-state index is -0.559. The maximum atomic E-state index is 14.6. The molecule has 0 spiro atoms. The molecule has 1 saturated carbocycles. The van der Waals surface area contributed by atoms with Crippen LogP contribution in [-0.4, -0.2) is 32.8 Å². The lowest BCUT2D eigenvalue weighted by atomic mass is 9.81. The van der Waals surface area contributed by atoms with E-state index in [-0.39, 0.29) is 29.9 Å². The number of rotatable bonds is 5. The van der Waals surface area contributed by atoms with E-state index in [1.165, 1.54) is 6.07 Å². The number of aromatic nitrogens is 2. The van der Waals surface area contributed by atoms with E-state index in [0.717, 1.165) is 36.9 Å². The summed E-state index contributed by atoms with van der Waals surface area (Å²) in [5, 5.41) is 11.0. The largest absolute Gasteiger partial charge is 0.459 e. The van der Waals surface area contributed by atoms with E-state index in [2.05, 4.69) is 4.98 Å². The number of aliphatic hydroxyl groups excluding tert-OH is 1. The second-order valence-electron chi connectivity index (χ2n) is 8.51. The van der Waals surface area contributed by atoms with E-state index in [4.69, 9.17) is 4.74 Å². The molecule has 6 heteroatoms. The molecule has 1 N–H and O–H groups in total. The summed E-state index contributed by atoms with van der Waals surface area (Å²) in [5.74, 6) is -0.431. The maximum Gasteiger partial charge on any atom is 0.338 e. The third-order valence-corrected chi connectivity index (χ3v) is 6.67. The summed E-state index contributed by atoms with van der Waals surface area (Å²) in [7, 11) is 0. The van der Waals surface area contributed by atoms with Gasteiger partial charge in [0.15, 0.2) is 0 Å². The molecule has 3 aromatic rings. The van der Waals surface area contributed by atoms with Crippen LogP contribution in [0.5, 0.6) is 0 Å². The van der Waals surface area contributed by atoms with E-state index < -0.39 is 6.10 Å². The van der Waals surface area contributed by atoms with E-state index >= 15 is 0 Å². The Kier molecular flexibility index (Phi) is 5.32. The van der Waals surface area contributed by atoms with Gasteiger partial charge in [-0.3, -0.25) is 0 Å². The van der Waals surface area contributed by atoms with Gasteiger partial charge in [-0.25, -0.2) is 14.2 Å². The molecule has 1 aromatic heterocycles. The summed E-state index contributed by atoms with van der Waals surface area (Å²) in [6, 6.07) is 13.8. The van der Waals surface area contributed by atoms with Gasteiger partial charge in [-0.15, -0.1) is 0 Å². The zero-order valence-electron chi connectivity index (χ0n) is 17.2. The molecule has 0 radical (unpaired) electrons. The molecule has 160 valence electrons. The third-order valence-electron chi connectivity index (χ3n) is 6.67. The molecule has 0 amide bonds. The zero-order valence-corrected chi connectivity index (χ0v) is 17.2. The lowest BCUT2D eigenvalue weighted by Gasteiger charge is -2.32. The normalized spacial score (nSPS) is 23.1. The Hall–Kier alpha value is -2.99. The number of esters is 1. The molecule has 2 heterocycles. The molecule has 2 atom stereocenters. The Morgan fingerprint density at radius 1 is 1.13 bits per heavy atom. The van der Waals surface area contributed by atoms with Crippen LogP contribution in [0.3, 0.4) is 0 Å². The average Bonchev–Trinajstić information content (AvgIpc) is 3.38. The lowest BCUT2D eigenvalue weighted by molar-refractivity contribution is 0.000754. The van der Waals surface area contributed by atoms with E-state index in [1.54, 1.807) is 30.7 Å². The molecule has 0 bridgehead atoms. The summed E-state index contributed by atoms with van der Waals surface area (Å²) in [6.07, 6.45) is 6.23. The number of hydrogen-bond donors (Lipinski definition) is 1. The van der Waals surface area contributed by atoms with Crippen molar-refractivity contribution in [3.05, 3.63) is 78.0 Å². The molecule has 5 nitrogen and oxygen atoms in total. The van der Waals surface area contributed by atoms with Crippen LogP contribution in [0, 0.1) is 11.7 Å². The number of carbonyl (C=O) groups is 1. The smallest absolute Gasteiger partial charge is 0.338 e. The predicted octanol–water partition coefficient (Wildman–Crippen LogP) is 4.76. The maximum absolute atomic E-state index is 14.6. The minimum Gasteiger partial charge on any atom is -0.459 e. The number of fused-ring (bicyclic) bond motifs is 3. The highest BCUT2D eigenvalue weighted by Gasteiger charge is 2.36. The second kappa shape index (κ2) is 8.27. The number of halogens is 1. The van der Waals surface area contributed by atoms with E-state index in [9.17, 15) is 14.3 Å². The standard InChI is InChI=1S/C25H25FN2O3/c26-20-8-4-7-19-22-14-27-15-28(22)21(24(19)20)13-23(29)16-9-11-18(12-10-16)31-25(30)17-5-2-1-3-6-17/h1-8,14-16,18,21,23,29H,9-13H2/t16?,18?,21-,23-/m0/s1. The Balaban J connectivity index is 1.21. The van der Waals surface area contributed by atoms with E-state index in [0.29, 0.717) is 17.5 Å². The first-order valence-corrected chi connectivity index (χ1v) is 10.9. The summed E-state index contributed by atoms with van der Waals surface area (Å²) < 4.78 is 22.2. The van der Waals surface area contributed by atoms with Crippen LogP contribution in [0.15, 0.2) is 61.1 Å². The topological polar surface area (TPSA) is 64.3 Å². The van der Waals surface area contributed by atoms with Crippen molar-refractivity contribution >= 4 is 5.97 Å². The molecule has 1 aliphatic carbocycles. The molecule has 31 heavy (non-hydrogen) atoms. The van der Waals surface area contributed by atoms with Gasteiger partial charge in [0.1, 0.15) is 11.9 Å². The molecule has 0 saturated heterocycles. The number of carbonyl (C=O) groups excluding carboxylic acids is 1.